The fraction of sp³-hybridized carbons (Fsp3) is 0.500. The molecule has 0 amide bonds. The van der Waals surface area contributed by atoms with Crippen LogP contribution in [0.1, 0.15) is 77.3 Å². The second kappa shape index (κ2) is 18.3. The summed E-state index contributed by atoms with van der Waals surface area (Å²) in [5, 5.41) is 0. The van der Waals surface area contributed by atoms with Crippen LogP contribution in [-0.2, 0) is 57.2 Å². The minimum absolute atomic E-state index is 0.115. The predicted molar refractivity (Wildman–Crippen MR) is 206 cm³/mol. The van der Waals surface area contributed by atoms with E-state index in [2.05, 4.69) is 0 Å². The molecule has 6 atom stereocenters. The third-order valence-corrected chi connectivity index (χ3v) is 11.3. The SMILES string of the molecule is CCOC(=O)C1(C(=O)OCC)C[C@@H]2C=C(C)OC(=O)[C@@H]2[C@H]1c1ccc(OC)cc1.CCOC(=O)C1(C(=O)OCC)C[C@@H]2C=C(C)OC(=O)[C@@H]2[C@H]1c1ccc(OC)cc1. The summed E-state index contributed by atoms with van der Waals surface area (Å²) in [6, 6.07) is 14.0. The highest BCUT2D eigenvalue weighted by atomic mass is 16.6. The Labute approximate surface area is 338 Å². The van der Waals surface area contributed by atoms with Gasteiger partial charge < -0.3 is 37.9 Å². The van der Waals surface area contributed by atoms with Gasteiger partial charge in [-0.25, -0.2) is 0 Å². The molecule has 2 saturated carbocycles. The van der Waals surface area contributed by atoms with Gasteiger partial charge >= 0.3 is 35.8 Å². The van der Waals surface area contributed by atoms with Crippen LogP contribution in [0.2, 0.25) is 0 Å². The Morgan fingerprint density at radius 2 is 0.845 bits per heavy atom. The van der Waals surface area contributed by atoms with E-state index < -0.39 is 70.3 Å². The lowest BCUT2D eigenvalue weighted by Crippen LogP contribution is -2.45. The van der Waals surface area contributed by atoms with E-state index in [-0.39, 0.29) is 51.1 Å². The van der Waals surface area contributed by atoms with E-state index in [9.17, 15) is 28.8 Å². The number of fused-ring (bicyclic) bond motifs is 2. The van der Waals surface area contributed by atoms with Gasteiger partial charge in [-0.2, -0.15) is 0 Å². The molecule has 2 aliphatic heterocycles. The summed E-state index contributed by atoms with van der Waals surface area (Å²) in [5.74, 6) is -5.01. The fourth-order valence-corrected chi connectivity index (χ4v) is 9.08. The lowest BCUT2D eigenvalue weighted by molar-refractivity contribution is -0.175. The van der Waals surface area contributed by atoms with Gasteiger partial charge in [0.1, 0.15) is 23.0 Å². The van der Waals surface area contributed by atoms with E-state index >= 15 is 0 Å². The van der Waals surface area contributed by atoms with Crippen LogP contribution in [0.4, 0.5) is 0 Å². The van der Waals surface area contributed by atoms with Gasteiger partial charge in [0, 0.05) is 11.8 Å². The normalized spacial score (nSPS) is 24.8. The first-order valence-electron chi connectivity index (χ1n) is 19.5. The molecule has 0 radical (unpaired) electrons. The Balaban J connectivity index is 0.000000221. The van der Waals surface area contributed by atoms with E-state index in [1.165, 1.54) is 0 Å². The van der Waals surface area contributed by atoms with Crippen LogP contribution in [0.3, 0.4) is 0 Å². The van der Waals surface area contributed by atoms with Crippen LogP contribution in [0.5, 0.6) is 11.5 Å². The molecular formula is C44H52O14. The molecule has 2 heterocycles. The quantitative estimate of drug-likeness (QED) is 0.139. The highest BCUT2D eigenvalue weighted by Gasteiger charge is 2.68. The summed E-state index contributed by atoms with van der Waals surface area (Å²) >= 11 is 0. The Morgan fingerprint density at radius 1 is 0.552 bits per heavy atom. The van der Waals surface area contributed by atoms with Crippen molar-refractivity contribution in [2.45, 2.75) is 66.2 Å². The van der Waals surface area contributed by atoms with Gasteiger partial charge in [0.15, 0.2) is 10.8 Å². The first-order chi connectivity index (χ1) is 27.8. The Morgan fingerprint density at radius 3 is 1.10 bits per heavy atom. The number of ether oxygens (including phenoxy) is 8. The third kappa shape index (κ3) is 7.93. The molecule has 312 valence electrons. The van der Waals surface area contributed by atoms with Crippen molar-refractivity contribution >= 4 is 35.8 Å². The molecule has 2 aliphatic carbocycles. The summed E-state index contributed by atoms with van der Waals surface area (Å²) in [5.41, 5.74) is -1.94. The molecule has 0 bridgehead atoms. The van der Waals surface area contributed by atoms with Crippen LogP contribution < -0.4 is 9.47 Å². The number of methoxy groups -OCH3 is 2. The molecule has 2 aromatic rings. The molecule has 0 spiro atoms. The van der Waals surface area contributed by atoms with Gasteiger partial charge in [-0.05, 0) is 114 Å². The van der Waals surface area contributed by atoms with Crippen molar-refractivity contribution in [2.75, 3.05) is 40.6 Å². The van der Waals surface area contributed by atoms with Crippen molar-refractivity contribution in [1.29, 1.82) is 0 Å². The second-order valence-electron chi connectivity index (χ2n) is 14.5. The zero-order chi connectivity index (χ0) is 42.4. The van der Waals surface area contributed by atoms with Crippen molar-refractivity contribution in [1.82, 2.24) is 0 Å². The first-order valence-corrected chi connectivity index (χ1v) is 19.5. The zero-order valence-corrected chi connectivity index (χ0v) is 34.2. The molecular weight excluding hydrogens is 752 g/mol. The van der Waals surface area contributed by atoms with Gasteiger partial charge in [0.05, 0.1) is 52.5 Å². The number of cyclic esters (lactones) is 2. The number of hydrogen-bond acceptors (Lipinski definition) is 14. The number of allylic oxidation sites excluding steroid dienone is 4. The summed E-state index contributed by atoms with van der Waals surface area (Å²) in [4.78, 5) is 78.5. The maximum absolute atomic E-state index is 13.2. The van der Waals surface area contributed by atoms with Gasteiger partial charge in [-0.1, -0.05) is 24.3 Å². The maximum Gasteiger partial charge on any atom is 0.324 e. The van der Waals surface area contributed by atoms with Crippen LogP contribution in [0.25, 0.3) is 0 Å². The summed E-state index contributed by atoms with van der Waals surface area (Å²) in [6.07, 6.45) is 3.86. The number of esters is 6. The van der Waals surface area contributed by atoms with Crippen LogP contribution >= 0.6 is 0 Å². The summed E-state index contributed by atoms with van der Waals surface area (Å²) in [7, 11) is 3.10. The molecule has 0 unspecified atom stereocenters. The highest BCUT2D eigenvalue weighted by molar-refractivity contribution is 6.04. The monoisotopic (exact) mass is 804 g/mol. The first kappa shape index (κ1) is 43.5. The number of hydrogen-bond donors (Lipinski definition) is 0. The minimum Gasteiger partial charge on any atom is -0.497 e. The zero-order valence-electron chi connectivity index (χ0n) is 34.2. The Hall–Kier alpha value is -5.66. The van der Waals surface area contributed by atoms with E-state index in [1.807, 2.05) is 12.2 Å². The van der Waals surface area contributed by atoms with E-state index in [0.717, 1.165) is 0 Å². The van der Waals surface area contributed by atoms with Gasteiger partial charge in [0.2, 0.25) is 0 Å². The average Bonchev–Trinajstić information content (AvgIpc) is 3.74. The molecule has 58 heavy (non-hydrogen) atoms. The topological polar surface area (TPSA) is 176 Å². The molecule has 2 aromatic carbocycles. The third-order valence-electron chi connectivity index (χ3n) is 11.3. The smallest absolute Gasteiger partial charge is 0.324 e. The molecule has 14 heteroatoms. The fourth-order valence-electron chi connectivity index (χ4n) is 9.08. The highest BCUT2D eigenvalue weighted by Crippen LogP contribution is 2.60. The van der Waals surface area contributed by atoms with Crippen molar-refractivity contribution in [3.05, 3.63) is 83.3 Å². The van der Waals surface area contributed by atoms with E-state index in [1.54, 1.807) is 104 Å². The van der Waals surface area contributed by atoms with Crippen molar-refractivity contribution in [3.63, 3.8) is 0 Å². The molecule has 2 fully saturated rings. The standard InChI is InChI=1S/2C22H26O7/c2*1-5-27-20(24)22(21(25)28-6-2)12-15-11-13(3)29-19(23)17(15)18(22)14-7-9-16(26-4)10-8-14/h2*7-11,15,17-18H,5-6,12H2,1-4H3/t2*15-,17-,18+/m00/s1. The van der Waals surface area contributed by atoms with Gasteiger partial charge in [-0.15, -0.1) is 0 Å². The predicted octanol–water partition coefficient (Wildman–Crippen LogP) is 5.98. The summed E-state index contributed by atoms with van der Waals surface area (Å²) < 4.78 is 42.4. The van der Waals surface area contributed by atoms with Gasteiger partial charge in [-0.3, -0.25) is 28.8 Å². The summed E-state index contributed by atoms with van der Waals surface area (Å²) in [6.45, 7) is 10.6. The second-order valence-corrected chi connectivity index (χ2v) is 14.5. The molecule has 4 aliphatic rings. The number of carbonyl (C=O) groups excluding carboxylic acids is 6. The van der Waals surface area contributed by atoms with Crippen molar-refractivity contribution < 1.29 is 66.7 Å². The largest absolute Gasteiger partial charge is 0.497 e. The number of rotatable bonds is 12. The van der Waals surface area contributed by atoms with E-state index in [4.69, 9.17) is 37.9 Å². The minimum atomic E-state index is -1.63. The van der Waals surface area contributed by atoms with Crippen molar-refractivity contribution in [2.24, 2.45) is 34.5 Å². The lowest BCUT2D eigenvalue weighted by Gasteiger charge is -2.33. The Bertz CT molecular complexity index is 1750. The molecule has 0 saturated heterocycles. The van der Waals surface area contributed by atoms with Crippen LogP contribution in [-0.4, -0.2) is 76.5 Å². The Kier molecular flexibility index (Phi) is 13.7. The molecule has 14 nitrogen and oxygen atoms in total. The molecule has 6 rings (SSSR count). The lowest BCUT2D eigenvalue weighted by atomic mass is 9.71. The van der Waals surface area contributed by atoms with Gasteiger partial charge in [0.25, 0.3) is 0 Å². The molecule has 0 N–H and O–H groups in total. The number of benzene rings is 2. The van der Waals surface area contributed by atoms with E-state index in [0.29, 0.717) is 34.1 Å². The van der Waals surface area contributed by atoms with Crippen molar-refractivity contribution in [3.8, 4) is 11.5 Å². The maximum atomic E-state index is 13.2. The molecule has 0 aromatic heterocycles. The van der Waals surface area contributed by atoms with Crippen LogP contribution in [0, 0.1) is 34.5 Å². The average molecular weight is 805 g/mol. The van der Waals surface area contributed by atoms with Crippen LogP contribution in [0.15, 0.2) is 72.2 Å². The number of carbonyl (C=O) groups is 6.